The monoisotopic (exact) mass is 300 g/mol. The molecule has 1 heterocycles. The smallest absolute Gasteiger partial charge is 0.292 e. The van der Waals surface area contributed by atoms with Gasteiger partial charge >= 0.3 is 0 Å². The molecule has 1 aromatic carbocycles. The molecule has 0 atom stereocenters. The molecule has 0 unspecified atom stereocenters. The van der Waals surface area contributed by atoms with E-state index in [1.54, 1.807) is 18.2 Å². The summed E-state index contributed by atoms with van der Waals surface area (Å²) in [6.07, 6.45) is 4.18. The number of phenolic OH excluding ortho intramolecular Hbond substituents is 1. The van der Waals surface area contributed by atoms with Crippen LogP contribution < -0.4 is 10.2 Å². The second kappa shape index (κ2) is 5.88. The summed E-state index contributed by atoms with van der Waals surface area (Å²) in [7, 11) is 1.47. The quantitative estimate of drug-likeness (QED) is 0.586. The van der Waals surface area contributed by atoms with Crippen molar-refractivity contribution in [2.24, 2.45) is 5.10 Å². The van der Waals surface area contributed by atoms with E-state index in [-0.39, 0.29) is 11.7 Å². The minimum atomic E-state index is -0.363. The number of rotatable bonds is 4. The standard InChI is InChI=1S/C15H16N4O3/c1-22-12-7-2-4-9(14(12)20)8-16-19-15(21)13-10-5-3-6-11(10)17-18-13/h2,4,7-8,20H,3,5-6H2,1H3,(H,17,18)(H,19,21)/b16-8+. The first-order valence-corrected chi connectivity index (χ1v) is 6.96. The molecule has 0 aliphatic heterocycles. The first-order valence-electron chi connectivity index (χ1n) is 6.96. The van der Waals surface area contributed by atoms with Crippen LogP contribution in [0.3, 0.4) is 0 Å². The van der Waals surface area contributed by atoms with Crippen LogP contribution in [0.15, 0.2) is 23.3 Å². The average molecular weight is 300 g/mol. The molecule has 22 heavy (non-hydrogen) atoms. The third-order valence-electron chi connectivity index (χ3n) is 3.64. The summed E-state index contributed by atoms with van der Waals surface area (Å²) < 4.78 is 5.01. The summed E-state index contributed by atoms with van der Waals surface area (Å²) in [4.78, 5) is 12.1. The molecule has 0 saturated heterocycles. The van der Waals surface area contributed by atoms with Crippen molar-refractivity contribution in [1.82, 2.24) is 15.6 Å². The molecule has 3 rings (SSSR count). The highest BCUT2D eigenvalue weighted by molar-refractivity contribution is 5.95. The minimum Gasteiger partial charge on any atom is -0.504 e. The van der Waals surface area contributed by atoms with E-state index >= 15 is 0 Å². The Labute approximate surface area is 127 Å². The molecule has 0 spiro atoms. The topological polar surface area (TPSA) is 99.6 Å². The van der Waals surface area contributed by atoms with Crippen LogP contribution in [0.1, 0.15) is 33.7 Å². The molecular weight excluding hydrogens is 284 g/mol. The number of aromatic nitrogens is 2. The van der Waals surface area contributed by atoms with Crippen molar-refractivity contribution >= 4 is 12.1 Å². The molecule has 0 bridgehead atoms. The predicted octanol–water partition coefficient (Wildman–Crippen LogP) is 1.38. The minimum absolute atomic E-state index is 0.0244. The molecule has 3 N–H and O–H groups in total. The Hall–Kier alpha value is -2.83. The van der Waals surface area contributed by atoms with Crippen molar-refractivity contribution in [1.29, 1.82) is 0 Å². The Bertz CT molecular complexity index is 736. The lowest BCUT2D eigenvalue weighted by molar-refractivity contribution is 0.0949. The number of methoxy groups -OCH3 is 1. The molecule has 0 saturated carbocycles. The summed E-state index contributed by atoms with van der Waals surface area (Å²) in [6.45, 7) is 0. The van der Waals surface area contributed by atoms with Gasteiger partial charge in [-0.25, -0.2) is 5.43 Å². The van der Waals surface area contributed by atoms with Crippen LogP contribution in [0, 0.1) is 0 Å². The van der Waals surface area contributed by atoms with Gasteiger partial charge in [-0.2, -0.15) is 10.2 Å². The van der Waals surface area contributed by atoms with Gasteiger partial charge in [0.1, 0.15) is 0 Å². The van der Waals surface area contributed by atoms with E-state index in [9.17, 15) is 9.90 Å². The third-order valence-corrected chi connectivity index (χ3v) is 3.64. The summed E-state index contributed by atoms with van der Waals surface area (Å²) in [5, 5.41) is 20.7. The van der Waals surface area contributed by atoms with Gasteiger partial charge < -0.3 is 9.84 Å². The van der Waals surface area contributed by atoms with Gasteiger partial charge in [0.05, 0.1) is 13.3 Å². The average Bonchev–Trinajstić information content (AvgIpc) is 3.11. The Morgan fingerprint density at radius 1 is 1.50 bits per heavy atom. The van der Waals surface area contributed by atoms with Gasteiger partial charge in [0.25, 0.3) is 5.91 Å². The molecule has 1 aliphatic rings. The Morgan fingerprint density at radius 3 is 3.18 bits per heavy atom. The van der Waals surface area contributed by atoms with Gasteiger partial charge in [-0.05, 0) is 31.4 Å². The summed E-state index contributed by atoms with van der Waals surface area (Å²) in [6, 6.07) is 5.03. The zero-order valence-electron chi connectivity index (χ0n) is 12.1. The molecule has 0 fully saturated rings. The number of nitrogens with zero attached hydrogens (tertiary/aromatic N) is 2. The fraction of sp³-hybridized carbons (Fsp3) is 0.267. The van der Waals surface area contributed by atoms with Crippen LogP contribution in [0.2, 0.25) is 0 Å². The number of aromatic amines is 1. The molecular formula is C15H16N4O3. The molecule has 0 radical (unpaired) electrons. The van der Waals surface area contributed by atoms with Crippen molar-refractivity contribution in [3.63, 3.8) is 0 Å². The number of hydrazone groups is 1. The number of amides is 1. The molecule has 7 nitrogen and oxygen atoms in total. The van der Waals surface area contributed by atoms with Crippen LogP contribution in [0.5, 0.6) is 11.5 Å². The fourth-order valence-electron chi connectivity index (χ4n) is 2.53. The molecule has 1 aliphatic carbocycles. The number of para-hydroxylation sites is 1. The summed E-state index contributed by atoms with van der Waals surface area (Å²) >= 11 is 0. The Kier molecular flexibility index (Phi) is 3.78. The van der Waals surface area contributed by atoms with Crippen molar-refractivity contribution in [3.8, 4) is 11.5 Å². The van der Waals surface area contributed by atoms with Gasteiger partial charge in [-0.15, -0.1) is 0 Å². The van der Waals surface area contributed by atoms with E-state index in [4.69, 9.17) is 4.74 Å². The van der Waals surface area contributed by atoms with E-state index in [2.05, 4.69) is 20.7 Å². The van der Waals surface area contributed by atoms with Crippen LogP contribution in [0.4, 0.5) is 0 Å². The van der Waals surface area contributed by atoms with Gasteiger partial charge in [0.15, 0.2) is 17.2 Å². The van der Waals surface area contributed by atoms with E-state index < -0.39 is 0 Å². The number of carbonyl (C=O) groups excluding carboxylic acids is 1. The van der Waals surface area contributed by atoms with Crippen LogP contribution >= 0.6 is 0 Å². The SMILES string of the molecule is COc1cccc(/C=N/NC(=O)c2n[nH]c3c2CCC3)c1O. The highest BCUT2D eigenvalue weighted by Crippen LogP contribution is 2.28. The van der Waals surface area contributed by atoms with Crippen molar-refractivity contribution in [3.05, 3.63) is 40.7 Å². The van der Waals surface area contributed by atoms with Gasteiger partial charge in [-0.1, -0.05) is 6.07 Å². The van der Waals surface area contributed by atoms with E-state index in [0.717, 1.165) is 30.5 Å². The second-order valence-electron chi connectivity index (χ2n) is 4.98. The Balaban J connectivity index is 1.71. The van der Waals surface area contributed by atoms with E-state index in [1.165, 1.54) is 13.3 Å². The van der Waals surface area contributed by atoms with Gasteiger partial charge in [-0.3, -0.25) is 9.89 Å². The largest absolute Gasteiger partial charge is 0.504 e. The van der Waals surface area contributed by atoms with Gasteiger partial charge in [0, 0.05) is 16.8 Å². The number of benzene rings is 1. The number of aryl methyl sites for hydroxylation is 1. The number of carbonyl (C=O) groups is 1. The highest BCUT2D eigenvalue weighted by Gasteiger charge is 2.22. The zero-order valence-corrected chi connectivity index (χ0v) is 12.1. The maximum absolute atomic E-state index is 12.1. The van der Waals surface area contributed by atoms with Crippen molar-refractivity contribution < 1.29 is 14.6 Å². The predicted molar refractivity (Wildman–Crippen MR) is 80.3 cm³/mol. The summed E-state index contributed by atoms with van der Waals surface area (Å²) in [5.41, 5.74) is 5.26. The van der Waals surface area contributed by atoms with Gasteiger partial charge in [0.2, 0.25) is 0 Å². The summed E-state index contributed by atoms with van der Waals surface area (Å²) in [5.74, 6) is -0.0397. The van der Waals surface area contributed by atoms with Crippen molar-refractivity contribution in [2.75, 3.05) is 7.11 Å². The number of phenols is 1. The molecule has 2 aromatic rings. The lowest BCUT2D eigenvalue weighted by Crippen LogP contribution is -2.19. The Morgan fingerprint density at radius 2 is 2.36 bits per heavy atom. The van der Waals surface area contributed by atoms with Crippen LogP contribution in [0.25, 0.3) is 0 Å². The second-order valence-corrected chi connectivity index (χ2v) is 4.98. The number of fused-ring (bicyclic) bond motifs is 1. The number of hydrogen-bond donors (Lipinski definition) is 3. The molecule has 7 heteroatoms. The lowest BCUT2D eigenvalue weighted by Gasteiger charge is -2.04. The maximum Gasteiger partial charge on any atom is 0.292 e. The number of hydrogen-bond acceptors (Lipinski definition) is 5. The molecule has 114 valence electrons. The first-order chi connectivity index (χ1) is 10.7. The van der Waals surface area contributed by atoms with Crippen molar-refractivity contribution in [2.45, 2.75) is 19.3 Å². The normalized spacial score (nSPS) is 13.3. The number of nitrogens with one attached hydrogen (secondary N) is 2. The number of ether oxygens (including phenoxy) is 1. The third kappa shape index (κ3) is 2.52. The highest BCUT2D eigenvalue weighted by atomic mass is 16.5. The maximum atomic E-state index is 12.1. The lowest BCUT2D eigenvalue weighted by atomic mass is 10.2. The fourth-order valence-corrected chi connectivity index (χ4v) is 2.53. The first kappa shape index (κ1) is 14.1. The van der Waals surface area contributed by atoms with E-state index in [1.807, 2.05) is 0 Å². The molecule has 1 aromatic heterocycles. The van der Waals surface area contributed by atoms with Crippen LogP contribution in [-0.2, 0) is 12.8 Å². The molecule has 1 amide bonds. The van der Waals surface area contributed by atoms with Crippen LogP contribution in [-0.4, -0.2) is 34.5 Å². The zero-order chi connectivity index (χ0) is 15.5. The van der Waals surface area contributed by atoms with E-state index in [0.29, 0.717) is 17.0 Å². The number of H-pyrrole nitrogens is 1. The number of aromatic hydroxyl groups is 1.